The summed E-state index contributed by atoms with van der Waals surface area (Å²) in [6, 6.07) is 73.4. The summed E-state index contributed by atoms with van der Waals surface area (Å²) in [7, 11) is 0. The SMILES string of the molecule is [2H]C([2H])([2H])c1cc2c3c(c1)N(c1ccc(C(C)(C)C)cc1)c1sc4ccccc4c1B3c1cc3cc4c(cc3cc1N2c1ccc(C(C)(C)C)cc1)B1c2c(cc(C)cc2N(c2ccc(C(C)(C)C)cc2)c2sc3ccccc3c21)N4c1ccc(C(C)(C)C)cc1. The smallest absolute Gasteiger partial charge is 0.254 e. The first-order valence-corrected chi connectivity index (χ1v) is 32.9. The largest absolute Gasteiger partial charge is 0.311 e. The molecule has 16 rings (SSSR count). The number of nitrogens with zero attached hydrogens (tertiary/aromatic N) is 4. The second-order valence-corrected chi connectivity index (χ2v) is 31.4. The standard InChI is InChI=1S/C80H74B2N4S2/c1-47-39-65-73-67(41-47)85(57-35-27-53(28-36-57)79(9,10)11)75-71(59-19-15-17-21-69(59)87-75)81(73)61-43-50-46-64-62(44-49(50)45-63(61)83(65)55-31-23-51(24-32-55)77(3,4)5)82-72-60-20-16-18-22-70(60)88-76(72)86(58-37-29-54(30-38-58)80(12,13)14)68-42-48(2)40-66(74(68)82)84(64)56-33-25-52(26-34-56)78(6,7)8/h15-46H,1-14H3/i1D3. The lowest BCUT2D eigenvalue weighted by atomic mass is 9.33. The van der Waals surface area contributed by atoms with Crippen LogP contribution in [-0.2, 0) is 21.7 Å². The Morgan fingerprint density at radius 1 is 0.330 bits per heavy atom. The molecule has 0 saturated heterocycles. The first kappa shape index (κ1) is 51.7. The third-order valence-electron chi connectivity index (χ3n) is 19.4. The van der Waals surface area contributed by atoms with Crippen LogP contribution >= 0.6 is 22.7 Å². The van der Waals surface area contributed by atoms with Crippen molar-refractivity contribution in [1.29, 1.82) is 0 Å². The van der Waals surface area contributed by atoms with Crippen LogP contribution in [0.15, 0.2) is 194 Å². The zero-order valence-corrected chi connectivity index (χ0v) is 54.4. The van der Waals surface area contributed by atoms with E-state index in [0.29, 0.717) is 5.56 Å². The molecule has 4 aliphatic heterocycles. The van der Waals surface area contributed by atoms with E-state index >= 15 is 0 Å². The predicted molar refractivity (Wildman–Crippen MR) is 387 cm³/mol. The van der Waals surface area contributed by atoms with Gasteiger partial charge in [0, 0.05) is 70.4 Å². The topological polar surface area (TPSA) is 13.0 Å². The van der Waals surface area contributed by atoms with Gasteiger partial charge < -0.3 is 19.6 Å². The van der Waals surface area contributed by atoms with Crippen LogP contribution in [0.25, 0.3) is 30.9 Å². The van der Waals surface area contributed by atoms with Gasteiger partial charge in [0.05, 0.1) is 10.0 Å². The minimum absolute atomic E-state index is 0.00466. The summed E-state index contributed by atoms with van der Waals surface area (Å²) in [6.45, 7) is 26.8. The minimum Gasteiger partial charge on any atom is -0.311 e. The summed E-state index contributed by atoms with van der Waals surface area (Å²) in [6.07, 6.45) is 0. The third kappa shape index (κ3) is 8.37. The van der Waals surface area contributed by atoms with Crippen LogP contribution < -0.4 is 52.4 Å². The zero-order valence-electron chi connectivity index (χ0n) is 55.7. The lowest BCUT2D eigenvalue weighted by Gasteiger charge is -2.44. The molecule has 0 aliphatic carbocycles. The summed E-state index contributed by atoms with van der Waals surface area (Å²) in [4.78, 5) is 9.92. The van der Waals surface area contributed by atoms with Gasteiger partial charge in [-0.2, -0.15) is 0 Å². The summed E-state index contributed by atoms with van der Waals surface area (Å²) < 4.78 is 30.2. The second kappa shape index (κ2) is 19.1. The number of hydrogen-bond donors (Lipinski definition) is 0. The Labute approximate surface area is 533 Å². The van der Waals surface area contributed by atoms with E-state index in [2.05, 4.69) is 292 Å². The van der Waals surface area contributed by atoms with Gasteiger partial charge in [0.2, 0.25) is 0 Å². The predicted octanol–water partition coefficient (Wildman–Crippen LogP) is 19.2. The zero-order chi connectivity index (χ0) is 63.3. The Hall–Kier alpha value is -8.29. The fourth-order valence-electron chi connectivity index (χ4n) is 14.8. The number of benzene rings is 10. The molecule has 88 heavy (non-hydrogen) atoms. The molecular formula is C80H74B2N4S2. The molecule has 0 amide bonds. The van der Waals surface area contributed by atoms with Crippen molar-refractivity contribution < 1.29 is 4.11 Å². The molecule has 0 unspecified atom stereocenters. The molecule has 10 aromatic carbocycles. The fourth-order valence-corrected chi connectivity index (χ4v) is 17.4. The average Bonchev–Trinajstić information content (AvgIpc) is 1.69. The van der Waals surface area contributed by atoms with Crippen LogP contribution in [0.4, 0.5) is 66.9 Å². The Kier molecular flexibility index (Phi) is 11.2. The number of thiophene rings is 2. The fraction of sp³-hybridized carbons (Fsp3) is 0.225. The van der Waals surface area contributed by atoms with E-state index in [-0.39, 0.29) is 35.1 Å². The molecule has 12 aromatic rings. The Bertz CT molecular complexity index is 5000. The van der Waals surface area contributed by atoms with E-state index in [1.807, 2.05) is 23.5 Å². The molecule has 0 saturated carbocycles. The van der Waals surface area contributed by atoms with Gasteiger partial charge in [0.25, 0.3) is 13.4 Å². The molecule has 0 spiro atoms. The van der Waals surface area contributed by atoms with Gasteiger partial charge in [-0.25, -0.2) is 0 Å². The van der Waals surface area contributed by atoms with Crippen LogP contribution in [0.5, 0.6) is 0 Å². The maximum absolute atomic E-state index is 9.25. The van der Waals surface area contributed by atoms with E-state index in [1.165, 1.54) is 97.4 Å². The van der Waals surface area contributed by atoms with Crippen molar-refractivity contribution in [1.82, 2.24) is 0 Å². The minimum atomic E-state index is -2.41. The molecule has 2 aromatic heterocycles. The van der Waals surface area contributed by atoms with Crippen LogP contribution in [0, 0.1) is 13.8 Å². The molecule has 0 fully saturated rings. The first-order chi connectivity index (χ1) is 43.2. The van der Waals surface area contributed by atoms with Crippen molar-refractivity contribution in [2.75, 3.05) is 19.6 Å². The quantitative estimate of drug-likeness (QED) is 0.163. The maximum Gasteiger partial charge on any atom is 0.254 e. The first-order valence-electron chi connectivity index (χ1n) is 32.8. The molecule has 6 heterocycles. The van der Waals surface area contributed by atoms with Crippen molar-refractivity contribution in [3.05, 3.63) is 228 Å². The molecule has 0 radical (unpaired) electrons. The van der Waals surface area contributed by atoms with Crippen molar-refractivity contribution in [2.45, 2.75) is 119 Å². The van der Waals surface area contributed by atoms with E-state index < -0.39 is 6.85 Å². The third-order valence-corrected chi connectivity index (χ3v) is 21.7. The monoisotopic (exact) mass is 1180 g/mol. The summed E-state index contributed by atoms with van der Waals surface area (Å²) in [5.74, 6) is 0. The molecule has 8 heteroatoms. The molecule has 432 valence electrons. The molecular weight excluding hydrogens is 1100 g/mol. The second-order valence-electron chi connectivity index (χ2n) is 29.3. The van der Waals surface area contributed by atoms with Gasteiger partial charge in [0.15, 0.2) is 0 Å². The normalized spacial score (nSPS) is 15.0. The number of anilines is 12. The van der Waals surface area contributed by atoms with Gasteiger partial charge in [-0.15, -0.1) is 22.7 Å². The van der Waals surface area contributed by atoms with E-state index in [0.717, 1.165) is 61.0 Å². The van der Waals surface area contributed by atoms with Gasteiger partial charge in [-0.05, 0) is 220 Å². The molecule has 0 N–H and O–H groups in total. The van der Waals surface area contributed by atoms with Crippen LogP contribution in [0.1, 0.15) is 121 Å². The highest BCUT2D eigenvalue weighted by molar-refractivity contribution is 7.27. The number of hydrogen-bond acceptors (Lipinski definition) is 6. The number of fused-ring (bicyclic) bond motifs is 13. The molecule has 4 aliphatic rings. The highest BCUT2D eigenvalue weighted by Crippen LogP contribution is 2.52. The molecule has 0 atom stereocenters. The lowest BCUT2D eigenvalue weighted by Crippen LogP contribution is -2.61. The van der Waals surface area contributed by atoms with E-state index in [1.54, 1.807) is 11.3 Å². The lowest BCUT2D eigenvalue weighted by molar-refractivity contribution is 0.590. The van der Waals surface area contributed by atoms with Crippen LogP contribution in [-0.4, -0.2) is 13.4 Å². The number of aryl methyl sites for hydroxylation is 2. The van der Waals surface area contributed by atoms with Crippen molar-refractivity contribution in [2.24, 2.45) is 0 Å². The highest BCUT2D eigenvalue weighted by Gasteiger charge is 2.48. The van der Waals surface area contributed by atoms with Crippen LogP contribution in [0.3, 0.4) is 0 Å². The maximum atomic E-state index is 9.25. The van der Waals surface area contributed by atoms with Crippen molar-refractivity contribution >= 4 is 167 Å². The van der Waals surface area contributed by atoms with Crippen molar-refractivity contribution in [3.63, 3.8) is 0 Å². The Morgan fingerprint density at radius 3 is 0.966 bits per heavy atom. The summed E-state index contributed by atoms with van der Waals surface area (Å²) in [5.41, 5.74) is 24.4. The van der Waals surface area contributed by atoms with Gasteiger partial charge in [-0.3, -0.25) is 0 Å². The van der Waals surface area contributed by atoms with Gasteiger partial charge >= 0.3 is 0 Å². The Balaban J connectivity index is 1.01. The summed E-state index contributed by atoms with van der Waals surface area (Å²) >= 11 is 3.69. The molecule has 4 nitrogen and oxygen atoms in total. The van der Waals surface area contributed by atoms with E-state index in [4.69, 9.17) is 0 Å². The molecule has 0 bridgehead atoms. The number of rotatable bonds is 4. The van der Waals surface area contributed by atoms with Gasteiger partial charge in [0.1, 0.15) is 0 Å². The van der Waals surface area contributed by atoms with Crippen molar-refractivity contribution in [3.8, 4) is 0 Å². The Morgan fingerprint density at radius 2 is 0.636 bits per heavy atom. The average molecular weight is 1180 g/mol. The van der Waals surface area contributed by atoms with E-state index in [9.17, 15) is 4.11 Å². The van der Waals surface area contributed by atoms with Crippen LogP contribution in [0.2, 0.25) is 0 Å². The van der Waals surface area contributed by atoms with Gasteiger partial charge in [-0.1, -0.05) is 180 Å². The highest BCUT2D eigenvalue weighted by atomic mass is 32.1. The summed E-state index contributed by atoms with van der Waals surface area (Å²) in [5, 5.41) is 7.11.